The number of alkyl halides is 1. The standard InChI is InChI=1S/C9H23BrO5Si2/c1-9(17(13-4,14-5)15-6)16(11-2,12-3)8-7-10/h9H,7-8H2,1-6H3. The van der Waals surface area contributed by atoms with Crippen LogP contribution in [-0.2, 0) is 22.1 Å². The lowest BCUT2D eigenvalue weighted by atomic mass is 10.9. The van der Waals surface area contributed by atoms with Gasteiger partial charge in [0.2, 0.25) is 0 Å². The summed E-state index contributed by atoms with van der Waals surface area (Å²) in [4.78, 5) is 0. The summed E-state index contributed by atoms with van der Waals surface area (Å²) in [6.07, 6.45) is 0. The summed E-state index contributed by atoms with van der Waals surface area (Å²) in [6, 6.07) is 0.812. The minimum absolute atomic E-state index is 0.0115. The molecule has 0 aromatic carbocycles. The van der Waals surface area contributed by atoms with Gasteiger partial charge in [-0.25, -0.2) is 0 Å². The first-order valence-corrected chi connectivity index (χ1v) is 10.4. The number of halogens is 1. The van der Waals surface area contributed by atoms with E-state index < -0.39 is 17.4 Å². The highest BCUT2D eigenvalue weighted by atomic mass is 79.9. The summed E-state index contributed by atoms with van der Waals surface area (Å²) < 4.78 is 27.9. The molecule has 0 radical (unpaired) electrons. The Morgan fingerprint density at radius 2 is 1.29 bits per heavy atom. The van der Waals surface area contributed by atoms with Gasteiger partial charge in [0.1, 0.15) is 0 Å². The van der Waals surface area contributed by atoms with Crippen LogP contribution in [0.2, 0.25) is 11.2 Å². The van der Waals surface area contributed by atoms with Gasteiger partial charge in [0.05, 0.1) is 5.16 Å². The molecule has 17 heavy (non-hydrogen) atoms. The average Bonchev–Trinajstić information content (AvgIpc) is 2.38. The molecule has 0 amide bonds. The molecule has 0 rings (SSSR count). The topological polar surface area (TPSA) is 46.2 Å². The summed E-state index contributed by atoms with van der Waals surface area (Å²) in [5.74, 6) is 0. The van der Waals surface area contributed by atoms with Crippen molar-refractivity contribution in [3.8, 4) is 0 Å². The minimum Gasteiger partial charge on any atom is -0.397 e. The van der Waals surface area contributed by atoms with Gasteiger partial charge >= 0.3 is 17.4 Å². The van der Waals surface area contributed by atoms with Gasteiger partial charge in [-0.1, -0.05) is 22.9 Å². The fourth-order valence-electron chi connectivity index (χ4n) is 2.04. The lowest BCUT2D eigenvalue weighted by Gasteiger charge is -2.39. The second-order valence-corrected chi connectivity index (χ2v) is 12.1. The number of rotatable bonds is 9. The van der Waals surface area contributed by atoms with Crippen LogP contribution >= 0.6 is 15.9 Å². The largest absolute Gasteiger partial charge is 0.505 e. The van der Waals surface area contributed by atoms with Gasteiger partial charge in [0, 0.05) is 46.9 Å². The van der Waals surface area contributed by atoms with Crippen LogP contribution in [0.25, 0.3) is 0 Å². The first-order valence-electron chi connectivity index (χ1n) is 5.34. The maximum Gasteiger partial charge on any atom is 0.505 e. The maximum atomic E-state index is 5.68. The van der Waals surface area contributed by atoms with Crippen molar-refractivity contribution in [2.75, 3.05) is 40.9 Å². The molecule has 0 saturated carbocycles. The summed E-state index contributed by atoms with van der Waals surface area (Å²) in [7, 11) is 3.02. The Labute approximate surface area is 114 Å². The summed E-state index contributed by atoms with van der Waals surface area (Å²) >= 11 is 3.44. The van der Waals surface area contributed by atoms with E-state index in [1.807, 2.05) is 6.92 Å². The molecule has 0 saturated heterocycles. The van der Waals surface area contributed by atoms with Crippen molar-refractivity contribution < 1.29 is 22.1 Å². The predicted molar refractivity (Wildman–Crippen MR) is 74.6 cm³/mol. The van der Waals surface area contributed by atoms with Gasteiger partial charge in [-0.15, -0.1) is 0 Å². The molecule has 8 heteroatoms. The zero-order valence-electron chi connectivity index (χ0n) is 11.4. The van der Waals surface area contributed by atoms with Crippen LogP contribution in [-0.4, -0.2) is 58.2 Å². The summed E-state index contributed by atoms with van der Waals surface area (Å²) in [5.41, 5.74) is 0. The van der Waals surface area contributed by atoms with Crippen molar-refractivity contribution >= 4 is 33.3 Å². The molecule has 1 unspecified atom stereocenters. The Morgan fingerprint density at radius 1 is 0.882 bits per heavy atom. The normalized spacial score (nSPS) is 15.0. The highest BCUT2D eigenvalue weighted by Crippen LogP contribution is 2.36. The van der Waals surface area contributed by atoms with Crippen molar-refractivity contribution in [1.82, 2.24) is 0 Å². The molecule has 0 aliphatic rings. The highest BCUT2D eigenvalue weighted by Gasteiger charge is 2.58. The van der Waals surface area contributed by atoms with Crippen LogP contribution in [0.15, 0.2) is 0 Å². The van der Waals surface area contributed by atoms with Gasteiger partial charge in [-0.3, -0.25) is 0 Å². The molecule has 0 heterocycles. The Balaban J connectivity index is 5.22. The number of hydrogen-bond acceptors (Lipinski definition) is 5. The third kappa shape index (κ3) is 3.60. The SMILES string of the molecule is CO[Si](CCBr)(OC)C(C)[Si](OC)(OC)OC. The zero-order chi connectivity index (χ0) is 13.5. The molecule has 0 fully saturated rings. The third-order valence-corrected chi connectivity index (χ3v) is 13.1. The molecule has 0 aromatic heterocycles. The molecule has 104 valence electrons. The first kappa shape index (κ1) is 17.7. The van der Waals surface area contributed by atoms with Gasteiger partial charge in [-0.05, 0) is 0 Å². The average molecular weight is 347 g/mol. The molecule has 5 nitrogen and oxygen atoms in total. The van der Waals surface area contributed by atoms with Crippen LogP contribution in [0.4, 0.5) is 0 Å². The number of hydrogen-bond donors (Lipinski definition) is 0. The van der Waals surface area contributed by atoms with Gasteiger partial charge in [-0.2, -0.15) is 0 Å². The zero-order valence-corrected chi connectivity index (χ0v) is 15.0. The van der Waals surface area contributed by atoms with E-state index in [1.165, 1.54) is 0 Å². The van der Waals surface area contributed by atoms with Gasteiger partial charge in [0.25, 0.3) is 0 Å². The van der Waals surface area contributed by atoms with Crippen LogP contribution in [0.3, 0.4) is 0 Å². The van der Waals surface area contributed by atoms with Crippen molar-refractivity contribution in [3.05, 3.63) is 0 Å². The van der Waals surface area contributed by atoms with Crippen molar-refractivity contribution in [2.24, 2.45) is 0 Å². The molecule has 1 atom stereocenters. The van der Waals surface area contributed by atoms with E-state index in [-0.39, 0.29) is 5.16 Å². The van der Waals surface area contributed by atoms with E-state index in [9.17, 15) is 0 Å². The Bertz CT molecular complexity index is 203. The van der Waals surface area contributed by atoms with E-state index in [2.05, 4.69) is 15.9 Å². The van der Waals surface area contributed by atoms with Crippen LogP contribution in [0.1, 0.15) is 6.92 Å². The molecule has 0 N–H and O–H groups in total. The lowest BCUT2D eigenvalue weighted by molar-refractivity contribution is 0.111. The monoisotopic (exact) mass is 346 g/mol. The fraction of sp³-hybridized carbons (Fsp3) is 1.00. The van der Waals surface area contributed by atoms with Crippen LogP contribution < -0.4 is 0 Å². The molecule has 0 spiro atoms. The second kappa shape index (κ2) is 8.00. The molecular formula is C9H23BrO5Si2. The lowest BCUT2D eigenvalue weighted by Crippen LogP contribution is -2.60. The first-order chi connectivity index (χ1) is 8.02. The van der Waals surface area contributed by atoms with E-state index in [0.29, 0.717) is 0 Å². The van der Waals surface area contributed by atoms with E-state index >= 15 is 0 Å². The Kier molecular flexibility index (Phi) is 8.34. The van der Waals surface area contributed by atoms with Gasteiger partial charge in [0.15, 0.2) is 0 Å². The van der Waals surface area contributed by atoms with Gasteiger partial charge < -0.3 is 22.1 Å². The van der Waals surface area contributed by atoms with E-state index in [1.54, 1.807) is 35.5 Å². The van der Waals surface area contributed by atoms with E-state index in [4.69, 9.17) is 22.1 Å². The predicted octanol–water partition coefficient (Wildman–Crippen LogP) is 1.92. The molecule has 0 aromatic rings. The van der Waals surface area contributed by atoms with Crippen molar-refractivity contribution in [3.63, 3.8) is 0 Å². The highest BCUT2D eigenvalue weighted by molar-refractivity contribution is 9.09. The third-order valence-electron chi connectivity index (χ3n) is 3.18. The molecule has 0 aliphatic carbocycles. The summed E-state index contributed by atoms with van der Waals surface area (Å²) in [5, 5.41) is 0.801. The smallest absolute Gasteiger partial charge is 0.397 e. The Hall–Kier alpha value is 0.714. The molecule has 0 bridgehead atoms. The summed E-state index contributed by atoms with van der Waals surface area (Å²) in [6.45, 7) is 2.02. The van der Waals surface area contributed by atoms with E-state index in [0.717, 1.165) is 11.4 Å². The molecular weight excluding hydrogens is 324 g/mol. The maximum absolute atomic E-state index is 5.68. The molecule has 0 aliphatic heterocycles. The Morgan fingerprint density at radius 3 is 1.53 bits per heavy atom. The fourth-order valence-corrected chi connectivity index (χ4v) is 11.6. The van der Waals surface area contributed by atoms with Crippen LogP contribution in [0.5, 0.6) is 0 Å². The van der Waals surface area contributed by atoms with Crippen LogP contribution in [0, 0.1) is 0 Å². The minimum atomic E-state index is -2.74. The quantitative estimate of drug-likeness (QED) is 0.471. The van der Waals surface area contributed by atoms with Crippen molar-refractivity contribution in [1.29, 1.82) is 0 Å². The second-order valence-electron chi connectivity index (χ2n) is 3.60. The van der Waals surface area contributed by atoms with Crippen molar-refractivity contribution in [2.45, 2.75) is 18.1 Å².